The Morgan fingerprint density at radius 3 is 2.62 bits per heavy atom. The second-order valence-corrected chi connectivity index (χ2v) is 7.55. The summed E-state index contributed by atoms with van der Waals surface area (Å²) in [4.78, 5) is 13.4. The number of carbonyl (C=O) groups is 1. The molecule has 0 bridgehead atoms. The Morgan fingerprint density at radius 1 is 1.38 bits per heavy atom. The lowest BCUT2D eigenvalue weighted by Crippen LogP contribution is -2.46. The number of benzene rings is 1. The van der Waals surface area contributed by atoms with Crippen molar-refractivity contribution in [3.8, 4) is 11.5 Å². The molecule has 116 valence electrons. The van der Waals surface area contributed by atoms with Gasteiger partial charge >= 0.3 is 0 Å². The monoisotopic (exact) mass is 313 g/mol. The molecular formula is C14H19NO5S. The molecule has 0 unspecified atom stereocenters. The molecule has 0 spiro atoms. The Hall–Kier alpha value is -1.76. The lowest BCUT2D eigenvalue weighted by Gasteiger charge is -2.30. The third kappa shape index (κ3) is 3.66. The van der Waals surface area contributed by atoms with Crippen LogP contribution in [0.5, 0.6) is 11.5 Å². The van der Waals surface area contributed by atoms with Crippen molar-refractivity contribution in [3.05, 3.63) is 24.3 Å². The predicted octanol–water partition coefficient (Wildman–Crippen LogP) is 0.718. The van der Waals surface area contributed by atoms with Crippen LogP contribution in [-0.2, 0) is 14.6 Å². The third-order valence-corrected chi connectivity index (χ3v) is 4.90. The number of nitrogens with zero attached hydrogens (tertiary/aromatic N) is 1. The fourth-order valence-corrected chi connectivity index (χ4v) is 2.59. The average Bonchev–Trinajstić information content (AvgIpc) is 2.44. The van der Waals surface area contributed by atoms with E-state index in [4.69, 9.17) is 9.47 Å². The smallest absolute Gasteiger partial charge is 0.240 e. The molecule has 2 atom stereocenters. The van der Waals surface area contributed by atoms with Gasteiger partial charge in [0, 0.05) is 13.3 Å². The summed E-state index contributed by atoms with van der Waals surface area (Å²) in [5, 5.41) is -1.06. The highest BCUT2D eigenvalue weighted by atomic mass is 32.2. The summed E-state index contributed by atoms with van der Waals surface area (Å²) >= 11 is 0. The number of hydrogen-bond donors (Lipinski definition) is 0. The molecular weight excluding hydrogens is 294 g/mol. The molecule has 2 rings (SSSR count). The van der Waals surface area contributed by atoms with Gasteiger partial charge in [0.1, 0.15) is 11.9 Å². The molecule has 6 nitrogen and oxygen atoms in total. The Labute approximate surface area is 124 Å². The van der Waals surface area contributed by atoms with E-state index in [1.54, 1.807) is 13.1 Å². The van der Waals surface area contributed by atoms with Crippen LogP contribution in [0.4, 0.5) is 0 Å². The summed E-state index contributed by atoms with van der Waals surface area (Å²) in [6.45, 7) is 1.98. The van der Waals surface area contributed by atoms with Crippen LogP contribution >= 0.6 is 0 Å². The molecule has 1 heterocycles. The highest BCUT2D eigenvalue weighted by Gasteiger charge is 2.29. The fourth-order valence-electron chi connectivity index (χ4n) is 2.04. The van der Waals surface area contributed by atoms with E-state index in [2.05, 4.69) is 0 Å². The van der Waals surface area contributed by atoms with E-state index >= 15 is 0 Å². The maximum Gasteiger partial charge on any atom is 0.240 e. The number of hydrogen-bond acceptors (Lipinski definition) is 5. The molecule has 21 heavy (non-hydrogen) atoms. The van der Waals surface area contributed by atoms with Gasteiger partial charge in [0.05, 0.1) is 6.54 Å². The van der Waals surface area contributed by atoms with Crippen LogP contribution in [0, 0.1) is 0 Å². The van der Waals surface area contributed by atoms with Gasteiger partial charge in [0.25, 0.3) is 0 Å². The van der Waals surface area contributed by atoms with E-state index in [-0.39, 0.29) is 12.6 Å². The topological polar surface area (TPSA) is 72.9 Å². The largest absolute Gasteiger partial charge is 0.486 e. The molecule has 0 radical (unpaired) electrons. The second-order valence-electron chi connectivity index (χ2n) is 5.19. The Morgan fingerprint density at radius 2 is 2.00 bits per heavy atom. The van der Waals surface area contributed by atoms with Crippen molar-refractivity contribution in [1.29, 1.82) is 0 Å². The summed E-state index contributed by atoms with van der Waals surface area (Å²) < 4.78 is 34.2. The first kappa shape index (κ1) is 15.6. The quantitative estimate of drug-likeness (QED) is 0.819. The minimum Gasteiger partial charge on any atom is -0.486 e. The van der Waals surface area contributed by atoms with E-state index in [0.29, 0.717) is 18.1 Å². The molecule has 1 aliphatic heterocycles. The number of sulfone groups is 1. The van der Waals surface area contributed by atoms with E-state index in [9.17, 15) is 13.2 Å². The van der Waals surface area contributed by atoms with Crippen LogP contribution in [-0.4, -0.2) is 57.0 Å². The van der Waals surface area contributed by atoms with Crippen molar-refractivity contribution in [2.24, 2.45) is 0 Å². The summed E-state index contributed by atoms with van der Waals surface area (Å²) in [5.74, 6) is 0.859. The lowest BCUT2D eigenvalue weighted by molar-refractivity contribution is -0.130. The molecule has 1 aromatic carbocycles. The van der Waals surface area contributed by atoms with Gasteiger partial charge in [-0.05, 0) is 19.1 Å². The van der Waals surface area contributed by atoms with Crippen LogP contribution in [0.25, 0.3) is 0 Å². The first-order chi connectivity index (χ1) is 9.79. The van der Waals surface area contributed by atoms with Crippen LogP contribution < -0.4 is 9.47 Å². The maximum atomic E-state index is 12.1. The fraction of sp³-hybridized carbons (Fsp3) is 0.500. The van der Waals surface area contributed by atoms with Crippen molar-refractivity contribution in [1.82, 2.24) is 4.90 Å². The normalized spacial score (nSPS) is 18.9. The predicted molar refractivity (Wildman–Crippen MR) is 78.3 cm³/mol. The number of likely N-dealkylation sites (N-methyl/N-ethyl adjacent to an activating group) is 1. The molecule has 1 aliphatic rings. The van der Waals surface area contributed by atoms with Gasteiger partial charge in [-0.2, -0.15) is 0 Å². The molecule has 0 saturated carbocycles. The first-order valence-electron chi connectivity index (χ1n) is 6.61. The minimum atomic E-state index is -3.40. The maximum absolute atomic E-state index is 12.1. The lowest BCUT2D eigenvalue weighted by atomic mass is 10.2. The van der Waals surface area contributed by atoms with Gasteiger partial charge in [-0.25, -0.2) is 8.42 Å². The summed E-state index contributed by atoms with van der Waals surface area (Å²) in [5.41, 5.74) is 0. The van der Waals surface area contributed by atoms with E-state index in [1.807, 2.05) is 18.2 Å². The molecule has 0 aliphatic carbocycles. The number of amides is 1. The zero-order chi connectivity index (χ0) is 15.6. The number of rotatable bonds is 4. The zero-order valence-electron chi connectivity index (χ0n) is 12.3. The van der Waals surface area contributed by atoms with Gasteiger partial charge in [0.2, 0.25) is 5.91 Å². The van der Waals surface area contributed by atoms with Crippen LogP contribution in [0.2, 0.25) is 0 Å². The van der Waals surface area contributed by atoms with Gasteiger partial charge < -0.3 is 14.4 Å². The van der Waals surface area contributed by atoms with Gasteiger partial charge in [-0.15, -0.1) is 0 Å². The van der Waals surface area contributed by atoms with E-state index in [1.165, 1.54) is 11.8 Å². The van der Waals surface area contributed by atoms with Crippen molar-refractivity contribution >= 4 is 15.7 Å². The van der Waals surface area contributed by atoms with Gasteiger partial charge in [-0.3, -0.25) is 4.79 Å². The molecule has 1 aromatic rings. The zero-order valence-corrected chi connectivity index (χ0v) is 13.1. The second kappa shape index (κ2) is 5.93. The van der Waals surface area contributed by atoms with Crippen LogP contribution in [0.3, 0.4) is 0 Å². The molecule has 0 N–H and O–H groups in total. The highest BCUT2D eigenvalue weighted by molar-refractivity contribution is 7.92. The SMILES string of the molecule is C[C@H](C(=O)N(C)C[C@H]1COc2ccccc2O1)S(C)(=O)=O. The Bertz CT molecular complexity index is 628. The highest BCUT2D eigenvalue weighted by Crippen LogP contribution is 2.30. The molecule has 0 aromatic heterocycles. The van der Waals surface area contributed by atoms with Crippen molar-refractivity contribution in [2.45, 2.75) is 18.3 Å². The van der Waals surface area contributed by atoms with Crippen molar-refractivity contribution in [3.63, 3.8) is 0 Å². The molecule has 7 heteroatoms. The van der Waals surface area contributed by atoms with Crippen LogP contribution in [0.1, 0.15) is 6.92 Å². The summed E-state index contributed by atoms with van der Waals surface area (Å²) in [6, 6.07) is 7.30. The number of carbonyl (C=O) groups excluding carboxylic acids is 1. The number of para-hydroxylation sites is 2. The first-order valence-corrected chi connectivity index (χ1v) is 8.57. The standard InChI is InChI=1S/C14H19NO5S/c1-10(21(3,17)18)14(16)15(2)8-11-9-19-12-6-4-5-7-13(12)20-11/h4-7,10-11H,8-9H2,1-3H3/t10-,11+/m1/s1. The Kier molecular flexibility index (Phi) is 4.41. The van der Waals surface area contributed by atoms with Gasteiger partial charge in [-0.1, -0.05) is 12.1 Å². The van der Waals surface area contributed by atoms with Crippen molar-refractivity contribution in [2.75, 3.05) is 26.5 Å². The third-order valence-electron chi connectivity index (χ3n) is 3.41. The van der Waals surface area contributed by atoms with E-state index < -0.39 is 21.0 Å². The van der Waals surface area contributed by atoms with Crippen LogP contribution in [0.15, 0.2) is 24.3 Å². The molecule has 0 fully saturated rings. The van der Waals surface area contributed by atoms with Crippen molar-refractivity contribution < 1.29 is 22.7 Å². The number of fused-ring (bicyclic) bond motifs is 1. The van der Waals surface area contributed by atoms with E-state index in [0.717, 1.165) is 6.26 Å². The number of ether oxygens (including phenoxy) is 2. The summed E-state index contributed by atoms with van der Waals surface area (Å²) in [6.07, 6.45) is 0.737. The summed E-state index contributed by atoms with van der Waals surface area (Å²) in [7, 11) is -1.84. The average molecular weight is 313 g/mol. The van der Waals surface area contributed by atoms with Gasteiger partial charge in [0.15, 0.2) is 27.4 Å². The molecule has 0 saturated heterocycles. The Balaban J connectivity index is 1.98. The molecule has 1 amide bonds. The minimum absolute atomic E-state index is 0.271.